The molecule has 4 aromatic carbocycles. The second-order valence-corrected chi connectivity index (χ2v) is 8.67. The van der Waals surface area contributed by atoms with Gasteiger partial charge < -0.3 is 4.74 Å². The summed E-state index contributed by atoms with van der Waals surface area (Å²) >= 11 is 0. The largest absolute Gasteiger partial charge is 0.454 e. The Bertz CT molecular complexity index is 1580. The molecular formula is C31H24N2O3. The molecule has 0 N–H and O–H groups in total. The maximum atomic E-state index is 12.8. The zero-order valence-electron chi connectivity index (χ0n) is 20.1. The zero-order chi connectivity index (χ0) is 25.1. The lowest BCUT2D eigenvalue weighted by molar-refractivity contribution is 0.0474. The summed E-state index contributed by atoms with van der Waals surface area (Å²) in [6.45, 7) is 3.46. The van der Waals surface area contributed by atoms with E-state index in [0.717, 1.165) is 33.6 Å². The van der Waals surface area contributed by atoms with Crippen LogP contribution in [0.5, 0.6) is 0 Å². The van der Waals surface area contributed by atoms with Crippen LogP contribution in [0.1, 0.15) is 31.8 Å². The van der Waals surface area contributed by atoms with Gasteiger partial charge in [-0.25, -0.2) is 14.8 Å². The Morgan fingerprint density at radius 2 is 1.31 bits per heavy atom. The Morgan fingerprint density at radius 3 is 1.94 bits per heavy atom. The number of hydrogen-bond donors (Lipinski definition) is 0. The lowest BCUT2D eigenvalue weighted by Crippen LogP contribution is -2.15. The molecule has 36 heavy (non-hydrogen) atoms. The predicted molar refractivity (Wildman–Crippen MR) is 141 cm³/mol. The average molecular weight is 473 g/mol. The Hall–Kier alpha value is -4.64. The molecule has 176 valence electrons. The summed E-state index contributed by atoms with van der Waals surface area (Å²) in [6.07, 6.45) is 0. The topological polar surface area (TPSA) is 69.2 Å². The van der Waals surface area contributed by atoms with Crippen molar-refractivity contribution in [1.82, 2.24) is 9.97 Å². The summed E-state index contributed by atoms with van der Waals surface area (Å²) < 4.78 is 5.36. The molecule has 0 aliphatic rings. The van der Waals surface area contributed by atoms with Gasteiger partial charge in [0.05, 0.1) is 28.0 Å². The first-order valence-corrected chi connectivity index (χ1v) is 11.7. The molecule has 0 bridgehead atoms. The van der Waals surface area contributed by atoms with E-state index in [4.69, 9.17) is 14.7 Å². The van der Waals surface area contributed by atoms with Crippen LogP contribution in [-0.4, -0.2) is 28.3 Å². The van der Waals surface area contributed by atoms with Crippen molar-refractivity contribution in [3.63, 3.8) is 0 Å². The molecule has 0 atom stereocenters. The van der Waals surface area contributed by atoms with Gasteiger partial charge in [0.2, 0.25) is 5.78 Å². The Balaban J connectivity index is 1.46. The smallest absolute Gasteiger partial charge is 0.338 e. The van der Waals surface area contributed by atoms with Crippen molar-refractivity contribution in [2.75, 3.05) is 6.61 Å². The van der Waals surface area contributed by atoms with E-state index in [0.29, 0.717) is 22.2 Å². The molecule has 1 heterocycles. The fourth-order valence-electron chi connectivity index (χ4n) is 4.10. The molecule has 0 saturated carbocycles. The second kappa shape index (κ2) is 9.92. The number of aromatic nitrogens is 2. The molecule has 0 fully saturated rings. The SMILES string of the molecule is Cc1ccc(C)c(C(=O)COC(=O)c2ccc3nc(-c4ccccc4)c(-c4ccccc4)nc3c2)c1. The summed E-state index contributed by atoms with van der Waals surface area (Å²) in [4.78, 5) is 35.2. The van der Waals surface area contributed by atoms with Gasteiger partial charge in [-0.15, -0.1) is 0 Å². The van der Waals surface area contributed by atoms with Crippen molar-refractivity contribution in [2.24, 2.45) is 0 Å². The minimum Gasteiger partial charge on any atom is -0.454 e. The second-order valence-electron chi connectivity index (χ2n) is 8.67. The number of benzene rings is 4. The summed E-state index contributed by atoms with van der Waals surface area (Å²) in [5.41, 5.74) is 7.33. The zero-order valence-corrected chi connectivity index (χ0v) is 20.1. The number of hydrogen-bond acceptors (Lipinski definition) is 5. The third kappa shape index (κ3) is 4.77. The van der Waals surface area contributed by atoms with E-state index in [2.05, 4.69) is 0 Å². The van der Waals surface area contributed by atoms with Crippen molar-refractivity contribution in [2.45, 2.75) is 13.8 Å². The van der Waals surface area contributed by atoms with Crippen LogP contribution in [0.3, 0.4) is 0 Å². The average Bonchev–Trinajstić information content (AvgIpc) is 2.92. The van der Waals surface area contributed by atoms with Gasteiger partial charge in [-0.05, 0) is 43.7 Å². The van der Waals surface area contributed by atoms with Crippen molar-refractivity contribution in [3.05, 3.63) is 119 Å². The van der Waals surface area contributed by atoms with Gasteiger partial charge in [-0.2, -0.15) is 0 Å². The molecule has 0 amide bonds. The molecule has 5 aromatic rings. The Kier molecular flexibility index (Phi) is 6.37. The minimum absolute atomic E-state index is 0.232. The summed E-state index contributed by atoms with van der Waals surface area (Å²) in [7, 11) is 0. The number of carbonyl (C=O) groups excluding carboxylic acids is 2. The molecule has 0 saturated heterocycles. The minimum atomic E-state index is -0.578. The van der Waals surface area contributed by atoms with Crippen LogP contribution in [0.15, 0.2) is 97.1 Å². The van der Waals surface area contributed by atoms with Crippen molar-refractivity contribution < 1.29 is 14.3 Å². The van der Waals surface area contributed by atoms with Gasteiger partial charge in [-0.3, -0.25) is 4.79 Å². The third-order valence-electron chi connectivity index (χ3n) is 6.02. The van der Waals surface area contributed by atoms with E-state index in [1.807, 2.05) is 92.7 Å². The molecule has 5 nitrogen and oxygen atoms in total. The van der Waals surface area contributed by atoms with E-state index in [1.54, 1.807) is 18.2 Å². The summed E-state index contributed by atoms with van der Waals surface area (Å²) in [5.74, 6) is -0.810. The number of Topliss-reactive ketones (excluding diaryl/α,β-unsaturated/α-hetero) is 1. The maximum absolute atomic E-state index is 12.8. The fraction of sp³-hybridized carbons (Fsp3) is 0.0968. The molecule has 5 rings (SSSR count). The number of ether oxygens (including phenoxy) is 1. The number of carbonyl (C=O) groups is 2. The van der Waals surface area contributed by atoms with Crippen LogP contribution in [0.2, 0.25) is 0 Å². The number of ketones is 1. The molecule has 1 aromatic heterocycles. The number of esters is 1. The molecular weight excluding hydrogens is 448 g/mol. The van der Waals surface area contributed by atoms with Crippen LogP contribution in [0.4, 0.5) is 0 Å². The summed E-state index contributed by atoms with van der Waals surface area (Å²) in [5, 5.41) is 0. The fourth-order valence-corrected chi connectivity index (χ4v) is 4.10. The molecule has 0 aliphatic carbocycles. The lowest BCUT2D eigenvalue weighted by Gasteiger charge is -2.11. The first-order valence-electron chi connectivity index (χ1n) is 11.7. The normalized spacial score (nSPS) is 10.8. The molecule has 0 radical (unpaired) electrons. The number of fused-ring (bicyclic) bond motifs is 1. The van der Waals surface area contributed by atoms with Crippen molar-refractivity contribution >= 4 is 22.8 Å². The van der Waals surface area contributed by atoms with E-state index < -0.39 is 5.97 Å². The standard InChI is InChI=1S/C31H24N2O3/c1-20-13-14-21(2)25(17-20)28(34)19-36-31(35)24-15-16-26-27(18-24)33-30(23-11-7-4-8-12-23)29(32-26)22-9-5-3-6-10-22/h3-18H,19H2,1-2H3. The first-order chi connectivity index (χ1) is 17.5. The van der Waals surface area contributed by atoms with E-state index in [-0.39, 0.29) is 12.4 Å². The first kappa shape index (κ1) is 23.1. The number of aryl methyl sites for hydroxylation is 2. The maximum Gasteiger partial charge on any atom is 0.338 e. The van der Waals surface area contributed by atoms with Gasteiger partial charge in [0, 0.05) is 16.7 Å². The van der Waals surface area contributed by atoms with Gasteiger partial charge in [0.15, 0.2) is 6.61 Å². The molecule has 0 unspecified atom stereocenters. The van der Waals surface area contributed by atoms with Crippen LogP contribution in [-0.2, 0) is 4.74 Å². The number of rotatable bonds is 6. The van der Waals surface area contributed by atoms with Crippen LogP contribution in [0, 0.1) is 13.8 Å². The van der Waals surface area contributed by atoms with Gasteiger partial charge >= 0.3 is 5.97 Å². The van der Waals surface area contributed by atoms with Gasteiger partial charge in [0.1, 0.15) is 0 Å². The number of nitrogens with zero attached hydrogens (tertiary/aromatic N) is 2. The Morgan fingerprint density at radius 1 is 0.694 bits per heavy atom. The summed E-state index contributed by atoms with van der Waals surface area (Å²) in [6, 6.07) is 30.4. The third-order valence-corrected chi connectivity index (χ3v) is 6.02. The van der Waals surface area contributed by atoms with Crippen LogP contribution < -0.4 is 0 Å². The quantitative estimate of drug-likeness (QED) is 0.205. The molecule has 0 spiro atoms. The van der Waals surface area contributed by atoms with Gasteiger partial charge in [0.25, 0.3) is 0 Å². The van der Waals surface area contributed by atoms with Crippen LogP contribution >= 0.6 is 0 Å². The van der Waals surface area contributed by atoms with Crippen molar-refractivity contribution in [3.8, 4) is 22.5 Å². The van der Waals surface area contributed by atoms with Gasteiger partial charge in [-0.1, -0.05) is 78.4 Å². The monoisotopic (exact) mass is 472 g/mol. The lowest BCUT2D eigenvalue weighted by atomic mass is 10.0. The van der Waals surface area contributed by atoms with Crippen LogP contribution in [0.25, 0.3) is 33.5 Å². The highest BCUT2D eigenvalue weighted by atomic mass is 16.5. The highest BCUT2D eigenvalue weighted by Gasteiger charge is 2.17. The predicted octanol–water partition coefficient (Wildman–Crippen LogP) is 6.62. The van der Waals surface area contributed by atoms with E-state index in [1.165, 1.54) is 0 Å². The molecule has 0 aliphatic heterocycles. The van der Waals surface area contributed by atoms with Crippen molar-refractivity contribution in [1.29, 1.82) is 0 Å². The highest BCUT2D eigenvalue weighted by Crippen LogP contribution is 2.31. The molecule has 5 heteroatoms. The highest BCUT2D eigenvalue weighted by molar-refractivity contribution is 6.01. The van der Waals surface area contributed by atoms with E-state index >= 15 is 0 Å². The van der Waals surface area contributed by atoms with E-state index in [9.17, 15) is 9.59 Å². The Labute approximate surface area is 209 Å².